The smallest absolute Gasteiger partial charge is 0.349 e. The molecule has 150 valence electrons. The zero-order chi connectivity index (χ0) is 21.2. The molecule has 0 saturated heterocycles. The van der Waals surface area contributed by atoms with Crippen molar-refractivity contribution >= 4 is 29.2 Å². The number of benzene rings is 1. The van der Waals surface area contributed by atoms with Crippen molar-refractivity contribution in [2.75, 3.05) is 0 Å². The average molecular weight is 404 g/mol. The molecule has 7 heteroatoms. The zero-order valence-electron chi connectivity index (χ0n) is 16.5. The fourth-order valence-electron chi connectivity index (χ4n) is 3.49. The summed E-state index contributed by atoms with van der Waals surface area (Å²) in [7, 11) is 0. The molecular formula is C21H24O6S. The highest BCUT2D eigenvalue weighted by atomic mass is 32.1. The predicted molar refractivity (Wildman–Crippen MR) is 107 cm³/mol. The van der Waals surface area contributed by atoms with Crippen LogP contribution in [-0.4, -0.2) is 28.1 Å². The number of aromatic carboxylic acids is 2. The van der Waals surface area contributed by atoms with E-state index in [1.165, 1.54) is 0 Å². The van der Waals surface area contributed by atoms with E-state index in [4.69, 9.17) is 4.74 Å². The van der Waals surface area contributed by atoms with Gasteiger partial charge in [-0.2, -0.15) is 0 Å². The van der Waals surface area contributed by atoms with Gasteiger partial charge >= 0.3 is 17.9 Å². The van der Waals surface area contributed by atoms with Crippen LogP contribution >= 0.6 is 11.3 Å². The van der Waals surface area contributed by atoms with E-state index in [0.717, 1.165) is 5.56 Å². The van der Waals surface area contributed by atoms with Gasteiger partial charge in [0.05, 0.1) is 5.56 Å². The number of aryl methyl sites for hydroxylation is 1. The third-order valence-electron chi connectivity index (χ3n) is 4.51. The minimum Gasteiger partial charge on any atom is -0.477 e. The van der Waals surface area contributed by atoms with E-state index >= 15 is 0 Å². The molecule has 0 saturated carbocycles. The van der Waals surface area contributed by atoms with Gasteiger partial charge in [0.1, 0.15) is 4.88 Å². The summed E-state index contributed by atoms with van der Waals surface area (Å²) in [6.07, 6.45) is 0. The van der Waals surface area contributed by atoms with E-state index in [0.29, 0.717) is 11.3 Å². The lowest BCUT2D eigenvalue weighted by Gasteiger charge is -2.26. The maximum Gasteiger partial charge on any atom is 0.349 e. The summed E-state index contributed by atoms with van der Waals surface area (Å²) < 4.78 is 5.52. The summed E-state index contributed by atoms with van der Waals surface area (Å²) >= 11 is 0.629. The van der Waals surface area contributed by atoms with E-state index in [9.17, 15) is 24.6 Å². The number of hydrogen-bond donors (Lipinski definition) is 2. The summed E-state index contributed by atoms with van der Waals surface area (Å²) in [5.41, 5.74) is 1.41. The van der Waals surface area contributed by atoms with Gasteiger partial charge in [-0.1, -0.05) is 45.4 Å². The van der Waals surface area contributed by atoms with Crippen LogP contribution in [0.4, 0.5) is 0 Å². The molecule has 0 aliphatic heterocycles. The Balaban J connectivity index is 2.67. The Bertz CT molecular complexity index is 902. The van der Waals surface area contributed by atoms with E-state index < -0.39 is 17.9 Å². The second-order valence-electron chi connectivity index (χ2n) is 7.39. The first-order valence-electron chi connectivity index (χ1n) is 8.96. The minimum absolute atomic E-state index is 0.0192. The largest absolute Gasteiger partial charge is 0.477 e. The first-order chi connectivity index (χ1) is 13.0. The maximum atomic E-state index is 12.7. The molecule has 1 heterocycles. The van der Waals surface area contributed by atoms with Crippen LogP contribution in [0.25, 0.3) is 0 Å². The number of esters is 1. The van der Waals surface area contributed by atoms with Gasteiger partial charge in [-0.15, -0.1) is 11.3 Å². The summed E-state index contributed by atoms with van der Waals surface area (Å²) in [4.78, 5) is 35.9. The molecule has 1 aromatic carbocycles. The number of ether oxygens (including phenoxy) is 1. The normalized spacial score (nSPS) is 11.3. The fraction of sp³-hybridized carbons (Fsp3) is 0.381. The lowest BCUT2D eigenvalue weighted by atomic mass is 9.79. The molecule has 0 unspecified atom stereocenters. The lowest BCUT2D eigenvalue weighted by Crippen LogP contribution is -2.19. The van der Waals surface area contributed by atoms with Gasteiger partial charge in [0.15, 0.2) is 10.6 Å². The molecule has 0 spiro atoms. The van der Waals surface area contributed by atoms with Crippen LogP contribution in [0.15, 0.2) is 24.3 Å². The highest BCUT2D eigenvalue weighted by molar-refractivity contribution is 7.16. The number of carboxylic acid groups (broad SMARTS) is 2. The van der Waals surface area contributed by atoms with Gasteiger partial charge in [-0.3, -0.25) is 0 Å². The maximum absolute atomic E-state index is 12.7. The molecule has 1 aromatic heterocycles. The Hall–Kier alpha value is -2.67. The van der Waals surface area contributed by atoms with Crippen LogP contribution in [0.3, 0.4) is 0 Å². The summed E-state index contributed by atoms with van der Waals surface area (Å²) in [6, 6.07) is 6.73. The highest BCUT2D eigenvalue weighted by Crippen LogP contribution is 2.46. The second kappa shape index (κ2) is 8.56. The van der Waals surface area contributed by atoms with Gasteiger partial charge < -0.3 is 14.9 Å². The van der Waals surface area contributed by atoms with Crippen molar-refractivity contribution in [2.45, 2.75) is 40.5 Å². The van der Waals surface area contributed by atoms with Crippen molar-refractivity contribution in [3.8, 4) is 5.75 Å². The lowest BCUT2D eigenvalue weighted by molar-refractivity contribution is 0.0671. The molecule has 0 fully saturated rings. The standard InChI is InChI=1S/C21H24O6S/c1-10(2)14(11(3)4)15-16(18(20(24)25)28-17(15)19(22)23)27-21(26)13-8-6-7-12(5)9-13/h6-11,14H,1-5H3,(H,22,23)(H,24,25). The molecule has 0 aliphatic rings. The molecule has 0 atom stereocenters. The zero-order valence-corrected chi connectivity index (χ0v) is 17.3. The summed E-state index contributed by atoms with van der Waals surface area (Å²) in [5.74, 6) is -3.67. The first kappa shape index (κ1) is 21.6. The van der Waals surface area contributed by atoms with Gasteiger partial charge in [-0.05, 0) is 36.8 Å². The van der Waals surface area contributed by atoms with Crippen LogP contribution < -0.4 is 4.74 Å². The number of carbonyl (C=O) groups excluding carboxylic acids is 1. The second-order valence-corrected chi connectivity index (χ2v) is 8.41. The molecule has 2 aromatic rings. The summed E-state index contributed by atoms with van der Waals surface area (Å²) in [5, 5.41) is 19.3. The Morgan fingerprint density at radius 2 is 1.54 bits per heavy atom. The SMILES string of the molecule is Cc1cccc(C(=O)Oc2c(C(=O)O)sc(C(=O)O)c2C(C(C)C)C(C)C)c1. The van der Waals surface area contributed by atoms with Crippen molar-refractivity contribution in [1.82, 2.24) is 0 Å². The van der Waals surface area contributed by atoms with Gasteiger partial charge in [0.25, 0.3) is 0 Å². The van der Waals surface area contributed by atoms with E-state index in [-0.39, 0.29) is 44.4 Å². The molecular weight excluding hydrogens is 380 g/mol. The molecule has 0 bridgehead atoms. The molecule has 0 radical (unpaired) electrons. The number of carbonyl (C=O) groups is 3. The van der Waals surface area contributed by atoms with Gasteiger partial charge in [0, 0.05) is 5.56 Å². The van der Waals surface area contributed by atoms with Crippen LogP contribution in [0, 0.1) is 18.8 Å². The quantitative estimate of drug-likeness (QED) is 0.625. The average Bonchev–Trinajstić information content (AvgIpc) is 2.93. The third-order valence-corrected chi connectivity index (χ3v) is 5.67. The molecule has 0 aliphatic carbocycles. The van der Waals surface area contributed by atoms with Crippen LogP contribution in [0.1, 0.15) is 74.4 Å². The number of thiophene rings is 1. The minimum atomic E-state index is -1.32. The molecule has 6 nitrogen and oxygen atoms in total. The van der Waals surface area contributed by atoms with Crippen LogP contribution in [-0.2, 0) is 0 Å². The van der Waals surface area contributed by atoms with Gasteiger partial charge in [0.2, 0.25) is 0 Å². The number of carboxylic acids is 2. The predicted octanol–water partition coefficient (Wildman–Crippen LogP) is 5.07. The van der Waals surface area contributed by atoms with Crippen molar-refractivity contribution < 1.29 is 29.3 Å². The van der Waals surface area contributed by atoms with Crippen molar-refractivity contribution in [1.29, 1.82) is 0 Å². The van der Waals surface area contributed by atoms with Gasteiger partial charge in [-0.25, -0.2) is 14.4 Å². The molecule has 2 N–H and O–H groups in total. The van der Waals surface area contributed by atoms with E-state index in [1.54, 1.807) is 18.2 Å². The van der Waals surface area contributed by atoms with E-state index in [2.05, 4.69) is 0 Å². The fourth-order valence-corrected chi connectivity index (χ4v) is 4.45. The van der Waals surface area contributed by atoms with Crippen LogP contribution in [0.2, 0.25) is 0 Å². The number of rotatable bonds is 7. The van der Waals surface area contributed by atoms with Crippen molar-refractivity contribution in [3.05, 3.63) is 50.7 Å². The third kappa shape index (κ3) is 4.42. The topological polar surface area (TPSA) is 101 Å². The molecule has 0 amide bonds. The monoisotopic (exact) mass is 404 g/mol. The van der Waals surface area contributed by atoms with Crippen molar-refractivity contribution in [3.63, 3.8) is 0 Å². The Morgan fingerprint density at radius 3 is 2.00 bits per heavy atom. The van der Waals surface area contributed by atoms with Crippen LogP contribution in [0.5, 0.6) is 5.75 Å². The Morgan fingerprint density at radius 1 is 0.964 bits per heavy atom. The Labute approximate surface area is 167 Å². The van der Waals surface area contributed by atoms with Crippen molar-refractivity contribution in [2.24, 2.45) is 11.8 Å². The molecule has 2 rings (SSSR count). The summed E-state index contributed by atoms with van der Waals surface area (Å²) in [6.45, 7) is 9.55. The highest BCUT2D eigenvalue weighted by Gasteiger charge is 2.36. The first-order valence-corrected chi connectivity index (χ1v) is 9.78. The number of hydrogen-bond acceptors (Lipinski definition) is 5. The van der Waals surface area contributed by atoms with E-state index in [1.807, 2.05) is 40.7 Å². The Kier molecular flexibility index (Phi) is 6.61. The molecule has 28 heavy (non-hydrogen) atoms.